The van der Waals surface area contributed by atoms with Gasteiger partial charge in [0.05, 0.1) is 11.7 Å². The Kier molecular flexibility index (Phi) is 9.01. The van der Waals surface area contributed by atoms with Crippen LogP contribution in [0.15, 0.2) is 24.3 Å². The zero-order chi connectivity index (χ0) is 18.1. The summed E-state index contributed by atoms with van der Waals surface area (Å²) < 4.78 is 17.3. The first-order valence-corrected chi connectivity index (χ1v) is 8.58. The molecule has 0 spiro atoms. The molecule has 132 valence electrons. The molecule has 0 fully saturated rings. The van der Waals surface area contributed by atoms with Gasteiger partial charge < -0.3 is 4.74 Å². The molecule has 1 aromatic rings. The van der Waals surface area contributed by atoms with E-state index in [9.17, 15) is 14.0 Å². The predicted octanol–water partition coefficient (Wildman–Crippen LogP) is 5.62. The van der Waals surface area contributed by atoms with Gasteiger partial charge in [-0.3, -0.25) is 14.0 Å². The van der Waals surface area contributed by atoms with Gasteiger partial charge in [-0.25, -0.2) is 0 Å². The standard InChI is InChI=1S/C18H21Cl2FO3/c1-3-12(2)18(23)14-8-9-15(17(20)16(14)19)24-11-13(22)7-5-4-6-10-21/h8-9H,2-7,10-11H2,1H3/i21-1. The topological polar surface area (TPSA) is 43.4 Å². The van der Waals surface area contributed by atoms with E-state index < -0.39 is 0 Å². The summed E-state index contributed by atoms with van der Waals surface area (Å²) in [5, 5.41) is 0.181. The summed E-state index contributed by atoms with van der Waals surface area (Å²) >= 11 is 12.3. The highest BCUT2D eigenvalue weighted by Gasteiger charge is 2.18. The van der Waals surface area contributed by atoms with Gasteiger partial charge in [-0.2, -0.15) is 0 Å². The van der Waals surface area contributed by atoms with Crippen LogP contribution in [0.25, 0.3) is 0 Å². The number of unbranched alkanes of at least 4 members (excludes halogenated alkanes) is 2. The second-order valence-electron chi connectivity index (χ2n) is 5.35. The molecule has 24 heavy (non-hydrogen) atoms. The number of ketones is 2. The molecular formula is C18H21Cl2FO3. The van der Waals surface area contributed by atoms with E-state index in [-0.39, 0.29) is 46.2 Å². The molecule has 0 unspecified atom stereocenters. The monoisotopic (exact) mass is 373 g/mol. The number of rotatable bonds is 11. The average Bonchev–Trinajstić information content (AvgIpc) is 2.58. The fraction of sp³-hybridized carbons (Fsp3) is 0.444. The van der Waals surface area contributed by atoms with Gasteiger partial charge in [0.1, 0.15) is 17.4 Å². The predicted molar refractivity (Wildman–Crippen MR) is 95.2 cm³/mol. The van der Waals surface area contributed by atoms with Crippen LogP contribution in [0.1, 0.15) is 49.4 Å². The largest absolute Gasteiger partial charge is 0.484 e. The highest BCUT2D eigenvalue weighted by molar-refractivity contribution is 6.45. The maximum absolute atomic E-state index is 12.1. The molecule has 0 heterocycles. The van der Waals surface area contributed by atoms with E-state index in [1.54, 1.807) is 0 Å². The number of hydrogen-bond donors (Lipinski definition) is 0. The minimum atomic E-state index is -0.367. The third kappa shape index (κ3) is 5.91. The molecule has 0 aliphatic carbocycles. The van der Waals surface area contributed by atoms with Crippen LogP contribution in [0.2, 0.25) is 10.0 Å². The number of Topliss-reactive ketones (excluding diaryl/α,β-unsaturated/α-hetero) is 2. The van der Waals surface area contributed by atoms with Crippen LogP contribution < -0.4 is 4.74 Å². The number of hydrogen-bond acceptors (Lipinski definition) is 3. The lowest BCUT2D eigenvalue weighted by molar-refractivity contribution is -0.121. The molecule has 0 aliphatic rings. The molecule has 0 radical (unpaired) electrons. The molecule has 3 nitrogen and oxygen atoms in total. The van der Waals surface area contributed by atoms with Crippen molar-refractivity contribution in [3.63, 3.8) is 0 Å². The Hall–Kier alpha value is -1.39. The van der Waals surface area contributed by atoms with E-state index in [0.717, 1.165) is 0 Å². The summed E-state index contributed by atoms with van der Waals surface area (Å²) in [4.78, 5) is 23.9. The van der Waals surface area contributed by atoms with Crippen molar-refractivity contribution in [2.75, 3.05) is 13.3 Å². The number of benzene rings is 1. The van der Waals surface area contributed by atoms with Crippen LogP contribution in [0, 0.1) is 0 Å². The van der Waals surface area contributed by atoms with Gasteiger partial charge in [-0.1, -0.05) is 43.1 Å². The van der Waals surface area contributed by atoms with E-state index in [4.69, 9.17) is 27.9 Å². The maximum Gasteiger partial charge on any atom is 0.189 e. The number of alkyl halides is 1. The SMILES string of the molecule is C=C(CC)C(=O)c1ccc(OCC(=O)CCCCC[18F])c(Cl)c1Cl. The smallest absolute Gasteiger partial charge is 0.189 e. The Balaban J connectivity index is 2.68. The Morgan fingerprint density at radius 1 is 1.17 bits per heavy atom. The van der Waals surface area contributed by atoms with E-state index in [2.05, 4.69) is 6.58 Å². The fourth-order valence-electron chi connectivity index (χ4n) is 1.99. The molecule has 0 N–H and O–H groups in total. The van der Waals surface area contributed by atoms with Gasteiger partial charge in [-0.05, 0) is 37.0 Å². The van der Waals surface area contributed by atoms with Crippen molar-refractivity contribution in [1.82, 2.24) is 0 Å². The van der Waals surface area contributed by atoms with Gasteiger partial charge in [0.2, 0.25) is 0 Å². The van der Waals surface area contributed by atoms with Gasteiger partial charge in [0, 0.05) is 12.0 Å². The normalized spacial score (nSPS) is 10.5. The highest BCUT2D eigenvalue weighted by Crippen LogP contribution is 2.35. The molecular weight excluding hydrogens is 353 g/mol. The first-order valence-electron chi connectivity index (χ1n) is 7.83. The van der Waals surface area contributed by atoms with E-state index in [1.807, 2.05) is 6.92 Å². The van der Waals surface area contributed by atoms with Crippen molar-refractivity contribution < 1.29 is 18.7 Å². The first-order chi connectivity index (χ1) is 11.4. The van der Waals surface area contributed by atoms with Crippen LogP contribution in [0.4, 0.5) is 4.39 Å². The number of allylic oxidation sites excluding steroid dienone is 1. The number of carbonyl (C=O) groups excluding carboxylic acids is 2. The van der Waals surface area contributed by atoms with Crippen molar-refractivity contribution in [1.29, 1.82) is 0 Å². The minimum Gasteiger partial charge on any atom is -0.484 e. The molecule has 0 bridgehead atoms. The molecule has 0 aliphatic heterocycles. The van der Waals surface area contributed by atoms with Crippen molar-refractivity contribution in [2.24, 2.45) is 0 Å². The zero-order valence-electron chi connectivity index (χ0n) is 13.7. The quantitative estimate of drug-likeness (QED) is 0.287. The zero-order valence-corrected chi connectivity index (χ0v) is 15.2. The summed E-state index contributed by atoms with van der Waals surface area (Å²) in [5.74, 6) is -0.113. The average molecular weight is 374 g/mol. The second kappa shape index (κ2) is 10.5. The third-order valence-corrected chi connectivity index (χ3v) is 4.38. The van der Waals surface area contributed by atoms with Crippen LogP contribution >= 0.6 is 23.2 Å². The second-order valence-corrected chi connectivity index (χ2v) is 6.11. The van der Waals surface area contributed by atoms with Crippen molar-refractivity contribution in [2.45, 2.75) is 39.0 Å². The van der Waals surface area contributed by atoms with Crippen LogP contribution in [0.5, 0.6) is 5.75 Å². The van der Waals surface area contributed by atoms with Crippen molar-refractivity contribution in [3.05, 3.63) is 39.9 Å². The molecule has 1 aromatic carbocycles. The summed E-state index contributed by atoms with van der Waals surface area (Å²) in [7, 11) is 0. The molecule has 0 amide bonds. The van der Waals surface area contributed by atoms with Crippen LogP contribution in [-0.2, 0) is 4.79 Å². The lowest BCUT2D eigenvalue weighted by Crippen LogP contribution is -2.11. The van der Waals surface area contributed by atoms with Crippen molar-refractivity contribution in [3.8, 4) is 5.75 Å². The Morgan fingerprint density at radius 3 is 2.50 bits per heavy atom. The lowest BCUT2D eigenvalue weighted by atomic mass is 10.0. The van der Waals surface area contributed by atoms with Gasteiger partial charge >= 0.3 is 0 Å². The van der Waals surface area contributed by atoms with Gasteiger partial charge in [0.15, 0.2) is 11.6 Å². The van der Waals surface area contributed by atoms with E-state index in [1.165, 1.54) is 12.1 Å². The minimum absolute atomic E-state index is 0.0872. The Bertz CT molecular complexity index is 615. The van der Waals surface area contributed by atoms with E-state index in [0.29, 0.717) is 37.7 Å². The lowest BCUT2D eigenvalue weighted by Gasteiger charge is -2.11. The third-order valence-electron chi connectivity index (χ3n) is 3.52. The molecule has 6 heteroatoms. The number of halogens is 3. The molecule has 1 rings (SSSR count). The highest BCUT2D eigenvalue weighted by atomic mass is 35.5. The Labute approximate surface area is 151 Å². The summed E-state index contributed by atoms with van der Waals surface area (Å²) in [6.07, 6.45) is 2.62. The van der Waals surface area contributed by atoms with Gasteiger partial charge in [-0.15, -0.1) is 0 Å². The molecule has 0 saturated carbocycles. The van der Waals surface area contributed by atoms with Crippen LogP contribution in [-0.4, -0.2) is 24.8 Å². The van der Waals surface area contributed by atoms with Crippen LogP contribution in [0.3, 0.4) is 0 Å². The summed E-state index contributed by atoms with van der Waals surface area (Å²) in [6.45, 7) is 5.01. The Morgan fingerprint density at radius 2 is 1.88 bits per heavy atom. The summed E-state index contributed by atoms with van der Waals surface area (Å²) in [5.41, 5.74) is 0.698. The number of carbonyl (C=O) groups is 2. The summed E-state index contributed by atoms with van der Waals surface area (Å²) in [6, 6.07) is 3.03. The first kappa shape index (κ1) is 20.7. The molecule has 0 atom stereocenters. The molecule has 0 aromatic heterocycles. The van der Waals surface area contributed by atoms with Crippen molar-refractivity contribution >= 4 is 34.8 Å². The maximum atomic E-state index is 12.1. The van der Waals surface area contributed by atoms with Gasteiger partial charge in [0.25, 0.3) is 0 Å². The molecule has 0 saturated heterocycles. The fourth-order valence-corrected chi connectivity index (χ4v) is 2.45. The number of ether oxygens (including phenoxy) is 1. The van der Waals surface area contributed by atoms with E-state index >= 15 is 0 Å².